The van der Waals surface area contributed by atoms with Crippen LogP contribution in [-0.4, -0.2) is 34.9 Å². The first-order valence-corrected chi connectivity index (χ1v) is 7.13. The largest absolute Gasteiger partial charge is 0.341 e. The van der Waals surface area contributed by atoms with Gasteiger partial charge in [-0.2, -0.15) is 0 Å². The van der Waals surface area contributed by atoms with Gasteiger partial charge < -0.3 is 4.90 Å². The highest BCUT2D eigenvalue weighted by molar-refractivity contribution is 5.81. The molecule has 19 heavy (non-hydrogen) atoms. The summed E-state index contributed by atoms with van der Waals surface area (Å²) in [5, 5.41) is 3.36. The van der Waals surface area contributed by atoms with Gasteiger partial charge in [-0.05, 0) is 44.7 Å². The normalized spacial score (nSPS) is 18.9. The average Bonchev–Trinajstić information content (AvgIpc) is 2.48. The summed E-state index contributed by atoms with van der Waals surface area (Å²) in [4.78, 5) is 18.4. The maximum absolute atomic E-state index is 12.3. The number of hydrogen-bond acceptors (Lipinski definition) is 3. The van der Waals surface area contributed by atoms with Crippen molar-refractivity contribution in [1.82, 2.24) is 15.2 Å². The SMILES string of the molecule is CC(NC(C)c1cccnc1)C(=O)N1CCCCC1. The van der Waals surface area contributed by atoms with E-state index in [1.54, 1.807) is 6.20 Å². The molecule has 2 heterocycles. The number of amides is 1. The maximum Gasteiger partial charge on any atom is 0.239 e. The Morgan fingerprint density at radius 3 is 2.68 bits per heavy atom. The number of rotatable bonds is 4. The fourth-order valence-electron chi connectivity index (χ4n) is 2.56. The van der Waals surface area contributed by atoms with Gasteiger partial charge in [0.25, 0.3) is 0 Å². The highest BCUT2D eigenvalue weighted by atomic mass is 16.2. The first-order valence-electron chi connectivity index (χ1n) is 7.13. The van der Waals surface area contributed by atoms with Gasteiger partial charge in [-0.3, -0.25) is 15.1 Å². The third-order valence-electron chi connectivity index (χ3n) is 3.72. The summed E-state index contributed by atoms with van der Waals surface area (Å²) in [6, 6.07) is 3.94. The molecule has 0 aliphatic carbocycles. The van der Waals surface area contributed by atoms with Crippen molar-refractivity contribution in [3.05, 3.63) is 30.1 Å². The van der Waals surface area contributed by atoms with E-state index in [2.05, 4.69) is 17.2 Å². The molecule has 1 aromatic rings. The molecule has 1 aliphatic heterocycles. The van der Waals surface area contributed by atoms with E-state index in [0.29, 0.717) is 0 Å². The van der Waals surface area contributed by atoms with Crippen molar-refractivity contribution in [1.29, 1.82) is 0 Å². The Hall–Kier alpha value is -1.42. The third kappa shape index (κ3) is 3.77. The van der Waals surface area contributed by atoms with Crippen molar-refractivity contribution < 1.29 is 4.79 Å². The number of nitrogens with one attached hydrogen (secondary N) is 1. The minimum Gasteiger partial charge on any atom is -0.341 e. The molecule has 104 valence electrons. The van der Waals surface area contributed by atoms with Gasteiger partial charge in [0.2, 0.25) is 5.91 Å². The molecule has 2 rings (SSSR count). The molecule has 1 fully saturated rings. The molecule has 0 bridgehead atoms. The topological polar surface area (TPSA) is 45.2 Å². The van der Waals surface area contributed by atoms with E-state index < -0.39 is 0 Å². The van der Waals surface area contributed by atoms with Crippen molar-refractivity contribution >= 4 is 5.91 Å². The number of hydrogen-bond donors (Lipinski definition) is 1. The van der Waals surface area contributed by atoms with Crippen molar-refractivity contribution in [3.63, 3.8) is 0 Å². The number of aromatic nitrogens is 1. The van der Waals surface area contributed by atoms with Gasteiger partial charge in [0.15, 0.2) is 0 Å². The number of pyridine rings is 1. The van der Waals surface area contributed by atoms with E-state index in [1.165, 1.54) is 6.42 Å². The highest BCUT2D eigenvalue weighted by Crippen LogP contribution is 2.13. The second-order valence-electron chi connectivity index (χ2n) is 5.28. The van der Waals surface area contributed by atoms with Crippen LogP contribution in [0.2, 0.25) is 0 Å². The molecule has 2 unspecified atom stereocenters. The van der Waals surface area contributed by atoms with Gasteiger partial charge in [0.05, 0.1) is 6.04 Å². The molecule has 0 spiro atoms. The van der Waals surface area contributed by atoms with E-state index in [4.69, 9.17) is 0 Å². The first kappa shape index (κ1) is 14.0. The van der Waals surface area contributed by atoms with Gasteiger partial charge in [-0.15, -0.1) is 0 Å². The van der Waals surface area contributed by atoms with E-state index in [-0.39, 0.29) is 18.0 Å². The van der Waals surface area contributed by atoms with Crippen LogP contribution in [0.4, 0.5) is 0 Å². The molecule has 0 aromatic carbocycles. The standard InChI is InChI=1S/C15H23N3O/c1-12(14-7-6-8-16-11-14)17-13(2)15(19)18-9-4-3-5-10-18/h6-8,11-13,17H,3-5,9-10H2,1-2H3. The molecule has 1 saturated heterocycles. The number of nitrogens with zero attached hydrogens (tertiary/aromatic N) is 2. The van der Waals surface area contributed by atoms with Crippen LogP contribution in [0, 0.1) is 0 Å². The molecule has 1 aliphatic rings. The Bertz CT molecular complexity index is 401. The molecule has 1 aromatic heterocycles. The summed E-state index contributed by atoms with van der Waals surface area (Å²) in [6.07, 6.45) is 7.12. The lowest BCUT2D eigenvalue weighted by Crippen LogP contribution is -2.47. The molecule has 0 radical (unpaired) electrons. The summed E-state index contributed by atoms with van der Waals surface area (Å²) in [7, 11) is 0. The van der Waals surface area contributed by atoms with E-state index in [0.717, 1.165) is 31.5 Å². The van der Waals surface area contributed by atoms with E-state index >= 15 is 0 Å². The number of likely N-dealkylation sites (tertiary alicyclic amines) is 1. The Morgan fingerprint density at radius 2 is 2.05 bits per heavy atom. The van der Waals surface area contributed by atoms with Crippen LogP contribution in [0.5, 0.6) is 0 Å². The monoisotopic (exact) mass is 261 g/mol. The maximum atomic E-state index is 12.3. The average molecular weight is 261 g/mol. The van der Waals surface area contributed by atoms with Gasteiger partial charge in [-0.25, -0.2) is 0 Å². The quantitative estimate of drug-likeness (QED) is 0.903. The van der Waals surface area contributed by atoms with Crippen molar-refractivity contribution in [2.75, 3.05) is 13.1 Å². The van der Waals surface area contributed by atoms with Crippen LogP contribution in [0.1, 0.15) is 44.7 Å². The molecule has 2 atom stereocenters. The second-order valence-corrected chi connectivity index (χ2v) is 5.28. The lowest BCUT2D eigenvalue weighted by Gasteiger charge is -2.30. The van der Waals surface area contributed by atoms with Gasteiger partial charge in [-0.1, -0.05) is 6.07 Å². The highest BCUT2D eigenvalue weighted by Gasteiger charge is 2.23. The predicted molar refractivity (Wildman–Crippen MR) is 75.7 cm³/mol. The number of piperidine rings is 1. The summed E-state index contributed by atoms with van der Waals surface area (Å²) < 4.78 is 0. The van der Waals surface area contributed by atoms with Crippen molar-refractivity contribution in [2.45, 2.75) is 45.2 Å². The first-order chi connectivity index (χ1) is 9.18. The van der Waals surface area contributed by atoms with Crippen LogP contribution >= 0.6 is 0 Å². The summed E-state index contributed by atoms with van der Waals surface area (Å²) >= 11 is 0. The lowest BCUT2D eigenvalue weighted by atomic mass is 10.1. The van der Waals surface area contributed by atoms with Crippen molar-refractivity contribution in [2.24, 2.45) is 0 Å². The molecule has 4 nitrogen and oxygen atoms in total. The zero-order valence-electron chi connectivity index (χ0n) is 11.8. The lowest BCUT2D eigenvalue weighted by molar-refractivity contribution is -0.134. The minimum absolute atomic E-state index is 0.137. The summed E-state index contributed by atoms with van der Waals surface area (Å²) in [5.74, 6) is 0.218. The van der Waals surface area contributed by atoms with Crippen LogP contribution < -0.4 is 5.32 Å². The molecule has 4 heteroatoms. The Labute approximate surface area is 115 Å². The summed E-state index contributed by atoms with van der Waals surface area (Å²) in [5.41, 5.74) is 1.11. The molecule has 1 amide bonds. The van der Waals surface area contributed by atoms with Crippen LogP contribution in [-0.2, 0) is 4.79 Å². The fourth-order valence-corrected chi connectivity index (χ4v) is 2.56. The Kier molecular flexibility index (Phi) is 4.91. The van der Waals surface area contributed by atoms with Crippen molar-refractivity contribution in [3.8, 4) is 0 Å². The predicted octanol–water partition coefficient (Wildman–Crippen LogP) is 2.13. The second kappa shape index (κ2) is 6.66. The van der Waals surface area contributed by atoms with E-state index in [9.17, 15) is 4.79 Å². The van der Waals surface area contributed by atoms with Gasteiger partial charge >= 0.3 is 0 Å². The van der Waals surface area contributed by atoms with E-state index in [1.807, 2.05) is 30.2 Å². The Morgan fingerprint density at radius 1 is 1.32 bits per heavy atom. The third-order valence-corrected chi connectivity index (χ3v) is 3.72. The smallest absolute Gasteiger partial charge is 0.239 e. The molecule has 1 N–H and O–H groups in total. The van der Waals surface area contributed by atoms with Gasteiger partial charge in [0.1, 0.15) is 0 Å². The van der Waals surface area contributed by atoms with Crippen LogP contribution in [0.25, 0.3) is 0 Å². The molecular formula is C15H23N3O. The number of carbonyl (C=O) groups is 1. The minimum atomic E-state index is -0.145. The zero-order valence-corrected chi connectivity index (χ0v) is 11.8. The zero-order chi connectivity index (χ0) is 13.7. The Balaban J connectivity index is 1.89. The van der Waals surface area contributed by atoms with Gasteiger partial charge in [0, 0.05) is 31.5 Å². The van der Waals surface area contributed by atoms with Crippen LogP contribution in [0.15, 0.2) is 24.5 Å². The summed E-state index contributed by atoms with van der Waals surface area (Å²) in [6.45, 7) is 5.83. The molecular weight excluding hydrogens is 238 g/mol. The number of carbonyl (C=O) groups excluding carboxylic acids is 1. The van der Waals surface area contributed by atoms with Crippen LogP contribution in [0.3, 0.4) is 0 Å². The molecule has 0 saturated carbocycles. The fraction of sp³-hybridized carbons (Fsp3) is 0.600.